The van der Waals surface area contributed by atoms with Crippen molar-refractivity contribution in [3.8, 4) is 10.6 Å². The lowest BCUT2D eigenvalue weighted by Gasteiger charge is -2.23. The van der Waals surface area contributed by atoms with Crippen molar-refractivity contribution in [1.82, 2.24) is 15.0 Å². The van der Waals surface area contributed by atoms with Gasteiger partial charge in [-0.1, -0.05) is 19.3 Å². The van der Waals surface area contributed by atoms with E-state index in [1.54, 1.807) is 17.5 Å². The Hall–Kier alpha value is -1.49. The van der Waals surface area contributed by atoms with Gasteiger partial charge in [0.2, 0.25) is 0 Å². The predicted molar refractivity (Wildman–Crippen MR) is 71.7 cm³/mol. The van der Waals surface area contributed by atoms with Crippen LogP contribution in [0, 0.1) is 12.8 Å². The van der Waals surface area contributed by atoms with E-state index in [2.05, 4.69) is 15.0 Å². The molecule has 0 spiro atoms. The lowest BCUT2D eigenvalue weighted by atomic mass is 9.83. The Morgan fingerprint density at radius 2 is 2.33 bits per heavy atom. The molecule has 1 fully saturated rings. The number of hydrogen-bond acceptors (Lipinski definition) is 4. The van der Waals surface area contributed by atoms with E-state index in [0.29, 0.717) is 0 Å². The maximum Gasteiger partial charge on any atom is 0.345 e. The van der Waals surface area contributed by atoms with E-state index < -0.39 is 0 Å². The number of nitrogens with one attached hydrogen (secondary N) is 1. The van der Waals surface area contributed by atoms with Gasteiger partial charge in [0.15, 0.2) is 0 Å². The average molecular weight is 261 g/mol. The Bertz CT molecular complexity index is 613. The molecule has 1 N–H and O–H groups in total. The third kappa shape index (κ3) is 2.22. The van der Waals surface area contributed by atoms with Gasteiger partial charge < -0.3 is 4.98 Å². The molecule has 0 unspecified atom stereocenters. The van der Waals surface area contributed by atoms with Crippen LogP contribution in [-0.2, 0) is 6.42 Å². The average Bonchev–Trinajstić information content (AvgIpc) is 2.65. The second-order valence-electron chi connectivity index (χ2n) is 4.81. The number of H-pyrrole nitrogens is 1. The van der Waals surface area contributed by atoms with Crippen LogP contribution in [0.25, 0.3) is 10.6 Å². The third-order valence-corrected chi connectivity index (χ3v) is 4.66. The first kappa shape index (κ1) is 11.6. The highest BCUT2D eigenvalue weighted by atomic mass is 32.1. The minimum absolute atomic E-state index is 0.305. The summed E-state index contributed by atoms with van der Waals surface area (Å²) < 4.78 is 0. The standard InChI is InChI=1S/C13H15N3OS/c1-8-12(10-5-6-14-13(17)16-10)18-11(15-8)7-9-3-2-4-9/h5-6,9H,2-4,7H2,1H3,(H,14,16,17). The van der Waals surface area contributed by atoms with Crippen LogP contribution in [0.15, 0.2) is 17.1 Å². The molecule has 94 valence electrons. The van der Waals surface area contributed by atoms with Gasteiger partial charge in [-0.15, -0.1) is 11.3 Å². The highest BCUT2D eigenvalue weighted by Gasteiger charge is 2.20. The predicted octanol–water partition coefficient (Wildman–Crippen LogP) is 2.54. The van der Waals surface area contributed by atoms with Gasteiger partial charge in [0, 0.05) is 12.6 Å². The maximum atomic E-state index is 11.2. The van der Waals surface area contributed by atoms with E-state index in [4.69, 9.17) is 0 Å². The quantitative estimate of drug-likeness (QED) is 0.923. The molecule has 0 aromatic carbocycles. The lowest BCUT2D eigenvalue weighted by Crippen LogP contribution is -2.13. The van der Waals surface area contributed by atoms with E-state index in [9.17, 15) is 4.79 Å². The molecule has 4 nitrogen and oxygen atoms in total. The summed E-state index contributed by atoms with van der Waals surface area (Å²) in [4.78, 5) is 23.3. The van der Waals surface area contributed by atoms with Crippen molar-refractivity contribution in [3.05, 3.63) is 33.4 Å². The molecule has 1 aliphatic carbocycles. The molecule has 5 heteroatoms. The number of rotatable bonds is 3. The van der Waals surface area contributed by atoms with Crippen LogP contribution in [0.2, 0.25) is 0 Å². The van der Waals surface area contributed by atoms with Gasteiger partial charge in [-0.25, -0.2) is 14.8 Å². The number of thiazole rings is 1. The molecule has 0 aliphatic heterocycles. The molecule has 0 atom stereocenters. The molecule has 1 saturated carbocycles. The van der Waals surface area contributed by atoms with Crippen LogP contribution in [0.3, 0.4) is 0 Å². The van der Waals surface area contributed by atoms with E-state index >= 15 is 0 Å². The van der Waals surface area contributed by atoms with Gasteiger partial charge in [0.1, 0.15) is 0 Å². The summed E-state index contributed by atoms with van der Waals surface area (Å²) in [5.41, 5.74) is 1.52. The van der Waals surface area contributed by atoms with Crippen molar-refractivity contribution in [3.63, 3.8) is 0 Å². The van der Waals surface area contributed by atoms with Crippen LogP contribution < -0.4 is 5.69 Å². The van der Waals surface area contributed by atoms with Crippen molar-refractivity contribution in [1.29, 1.82) is 0 Å². The van der Waals surface area contributed by atoms with Crippen molar-refractivity contribution in [2.24, 2.45) is 5.92 Å². The monoisotopic (exact) mass is 261 g/mol. The molecule has 3 rings (SSSR count). The molecule has 0 bridgehead atoms. The van der Waals surface area contributed by atoms with E-state index in [0.717, 1.165) is 28.6 Å². The van der Waals surface area contributed by atoms with Crippen molar-refractivity contribution < 1.29 is 0 Å². The highest BCUT2D eigenvalue weighted by Crippen LogP contribution is 2.34. The van der Waals surface area contributed by atoms with Gasteiger partial charge in [-0.05, 0) is 18.9 Å². The van der Waals surface area contributed by atoms with Gasteiger partial charge in [-0.3, -0.25) is 0 Å². The van der Waals surface area contributed by atoms with E-state index in [-0.39, 0.29) is 5.69 Å². The summed E-state index contributed by atoms with van der Waals surface area (Å²) in [7, 11) is 0. The first-order valence-electron chi connectivity index (χ1n) is 6.24. The summed E-state index contributed by atoms with van der Waals surface area (Å²) in [6.45, 7) is 1.99. The zero-order valence-corrected chi connectivity index (χ0v) is 11.1. The molecular weight excluding hydrogens is 246 g/mol. The smallest absolute Gasteiger partial charge is 0.305 e. The van der Waals surface area contributed by atoms with Crippen molar-refractivity contribution in [2.75, 3.05) is 0 Å². The summed E-state index contributed by atoms with van der Waals surface area (Å²) >= 11 is 1.69. The van der Waals surface area contributed by atoms with Gasteiger partial charge >= 0.3 is 5.69 Å². The largest absolute Gasteiger partial charge is 0.345 e. The Morgan fingerprint density at radius 3 is 3.00 bits per heavy atom. The minimum atomic E-state index is -0.305. The molecule has 2 aromatic heterocycles. The topological polar surface area (TPSA) is 58.6 Å². The number of nitrogens with zero attached hydrogens (tertiary/aromatic N) is 2. The number of aromatic amines is 1. The number of aromatic nitrogens is 3. The molecule has 0 amide bonds. The molecule has 18 heavy (non-hydrogen) atoms. The van der Waals surface area contributed by atoms with E-state index in [1.165, 1.54) is 24.3 Å². The fourth-order valence-corrected chi connectivity index (χ4v) is 3.39. The fraction of sp³-hybridized carbons (Fsp3) is 0.462. The molecular formula is C13H15N3OS. The summed E-state index contributed by atoms with van der Waals surface area (Å²) in [6, 6.07) is 1.83. The normalized spacial score (nSPS) is 15.6. The van der Waals surface area contributed by atoms with Crippen LogP contribution in [-0.4, -0.2) is 15.0 Å². The summed E-state index contributed by atoms with van der Waals surface area (Å²) in [5.74, 6) is 0.819. The summed E-state index contributed by atoms with van der Waals surface area (Å²) in [5, 5.41) is 1.19. The minimum Gasteiger partial charge on any atom is -0.305 e. The highest BCUT2D eigenvalue weighted by molar-refractivity contribution is 7.15. The Kier molecular flexibility index (Phi) is 2.99. The third-order valence-electron chi connectivity index (χ3n) is 3.45. The maximum absolute atomic E-state index is 11.2. The Morgan fingerprint density at radius 1 is 1.50 bits per heavy atom. The zero-order valence-electron chi connectivity index (χ0n) is 10.3. The van der Waals surface area contributed by atoms with Crippen LogP contribution in [0.1, 0.15) is 30.0 Å². The van der Waals surface area contributed by atoms with E-state index in [1.807, 2.05) is 13.0 Å². The zero-order chi connectivity index (χ0) is 12.5. The first-order valence-corrected chi connectivity index (χ1v) is 7.06. The lowest BCUT2D eigenvalue weighted by molar-refractivity contribution is 0.314. The SMILES string of the molecule is Cc1nc(CC2CCC2)sc1-c1ccnc(=O)[nH]1. The van der Waals surface area contributed by atoms with Crippen molar-refractivity contribution >= 4 is 11.3 Å². The summed E-state index contributed by atoms with van der Waals surface area (Å²) in [6.07, 6.45) is 6.65. The first-order chi connectivity index (χ1) is 8.72. The second kappa shape index (κ2) is 4.65. The van der Waals surface area contributed by atoms with Crippen LogP contribution in [0.5, 0.6) is 0 Å². The van der Waals surface area contributed by atoms with Gasteiger partial charge in [0.05, 0.1) is 21.3 Å². The molecule has 2 aromatic rings. The fourth-order valence-electron chi connectivity index (χ4n) is 2.23. The van der Waals surface area contributed by atoms with Crippen LogP contribution in [0.4, 0.5) is 0 Å². The van der Waals surface area contributed by atoms with Crippen LogP contribution >= 0.6 is 11.3 Å². The molecule has 0 saturated heterocycles. The second-order valence-corrected chi connectivity index (χ2v) is 5.90. The van der Waals surface area contributed by atoms with Crippen molar-refractivity contribution in [2.45, 2.75) is 32.6 Å². The Labute approximate surface area is 109 Å². The number of hydrogen-bond donors (Lipinski definition) is 1. The van der Waals surface area contributed by atoms with Gasteiger partial charge in [-0.2, -0.15) is 0 Å². The Balaban J connectivity index is 1.89. The molecule has 2 heterocycles. The molecule has 0 radical (unpaired) electrons. The number of aryl methyl sites for hydroxylation is 1. The van der Waals surface area contributed by atoms with Gasteiger partial charge in [0.25, 0.3) is 0 Å². The molecule has 1 aliphatic rings.